The summed E-state index contributed by atoms with van der Waals surface area (Å²) in [6, 6.07) is 8.62. The Labute approximate surface area is 108 Å². The van der Waals surface area contributed by atoms with Crippen molar-refractivity contribution in [3.63, 3.8) is 0 Å². The van der Waals surface area contributed by atoms with Crippen molar-refractivity contribution in [2.75, 3.05) is 26.2 Å². The number of nitrogens with one attached hydrogen (secondary N) is 1. The standard InChI is InChI=1S/C15H20N2O/c18-15(17-9-7-16-8-10-17)11-12-1-3-13(4-2-12)14-5-6-14/h1-4,14,16H,5-11H2. The molecular weight excluding hydrogens is 224 g/mol. The highest BCUT2D eigenvalue weighted by molar-refractivity contribution is 5.78. The van der Waals surface area contributed by atoms with Gasteiger partial charge in [-0.3, -0.25) is 4.79 Å². The van der Waals surface area contributed by atoms with Crippen LogP contribution >= 0.6 is 0 Å². The van der Waals surface area contributed by atoms with E-state index < -0.39 is 0 Å². The van der Waals surface area contributed by atoms with Gasteiger partial charge in [0.25, 0.3) is 0 Å². The van der Waals surface area contributed by atoms with Crippen LogP contribution in [0.4, 0.5) is 0 Å². The van der Waals surface area contributed by atoms with Crippen LogP contribution in [-0.2, 0) is 11.2 Å². The Bertz CT molecular complexity index is 417. The van der Waals surface area contributed by atoms with Gasteiger partial charge in [-0.2, -0.15) is 0 Å². The van der Waals surface area contributed by atoms with Gasteiger partial charge < -0.3 is 10.2 Å². The lowest BCUT2D eigenvalue weighted by Crippen LogP contribution is -2.46. The van der Waals surface area contributed by atoms with Crippen LogP contribution in [0.2, 0.25) is 0 Å². The minimum absolute atomic E-state index is 0.260. The second kappa shape index (κ2) is 5.11. The van der Waals surface area contributed by atoms with Gasteiger partial charge in [-0.25, -0.2) is 0 Å². The Kier molecular flexibility index (Phi) is 3.33. The van der Waals surface area contributed by atoms with Gasteiger partial charge >= 0.3 is 0 Å². The van der Waals surface area contributed by atoms with Crippen molar-refractivity contribution in [3.8, 4) is 0 Å². The lowest BCUT2D eigenvalue weighted by atomic mass is 10.1. The van der Waals surface area contributed by atoms with Gasteiger partial charge in [-0.15, -0.1) is 0 Å². The molecule has 96 valence electrons. The van der Waals surface area contributed by atoms with Gasteiger partial charge in [0.05, 0.1) is 6.42 Å². The topological polar surface area (TPSA) is 32.3 Å². The fourth-order valence-corrected chi connectivity index (χ4v) is 2.52. The molecule has 0 unspecified atom stereocenters. The third kappa shape index (κ3) is 2.72. The maximum Gasteiger partial charge on any atom is 0.227 e. The van der Waals surface area contributed by atoms with Crippen molar-refractivity contribution in [2.45, 2.75) is 25.2 Å². The summed E-state index contributed by atoms with van der Waals surface area (Å²) in [7, 11) is 0. The lowest BCUT2D eigenvalue weighted by Gasteiger charge is -2.27. The van der Waals surface area contributed by atoms with Crippen LogP contribution in [0, 0.1) is 0 Å². The average molecular weight is 244 g/mol. The molecule has 0 spiro atoms. The van der Waals surface area contributed by atoms with Crippen molar-refractivity contribution < 1.29 is 4.79 Å². The first kappa shape index (κ1) is 11.7. The molecule has 3 heteroatoms. The van der Waals surface area contributed by atoms with Crippen LogP contribution < -0.4 is 5.32 Å². The number of hydrogen-bond donors (Lipinski definition) is 1. The summed E-state index contributed by atoms with van der Waals surface area (Å²) in [5.74, 6) is 1.05. The number of carbonyl (C=O) groups excluding carboxylic acids is 1. The van der Waals surface area contributed by atoms with E-state index in [2.05, 4.69) is 29.6 Å². The average Bonchev–Trinajstić information content (AvgIpc) is 3.25. The zero-order valence-electron chi connectivity index (χ0n) is 10.7. The molecule has 1 aromatic rings. The molecule has 1 saturated carbocycles. The van der Waals surface area contributed by atoms with E-state index in [9.17, 15) is 4.79 Å². The highest BCUT2D eigenvalue weighted by Crippen LogP contribution is 2.39. The second-order valence-corrected chi connectivity index (χ2v) is 5.32. The third-order valence-corrected chi connectivity index (χ3v) is 3.85. The molecule has 1 aliphatic heterocycles. The number of hydrogen-bond acceptors (Lipinski definition) is 2. The highest BCUT2D eigenvalue weighted by Gasteiger charge is 2.23. The molecule has 0 radical (unpaired) electrons. The van der Waals surface area contributed by atoms with E-state index in [1.54, 1.807) is 0 Å². The number of amides is 1. The lowest BCUT2D eigenvalue weighted by molar-refractivity contribution is -0.131. The zero-order chi connectivity index (χ0) is 12.4. The van der Waals surface area contributed by atoms with E-state index in [4.69, 9.17) is 0 Å². The van der Waals surface area contributed by atoms with E-state index in [0.29, 0.717) is 6.42 Å². The van der Waals surface area contributed by atoms with Gasteiger partial charge in [0, 0.05) is 26.2 Å². The van der Waals surface area contributed by atoms with Crippen LogP contribution in [0.5, 0.6) is 0 Å². The Morgan fingerprint density at radius 2 is 1.83 bits per heavy atom. The number of rotatable bonds is 3. The molecule has 0 bridgehead atoms. The quantitative estimate of drug-likeness (QED) is 0.874. The van der Waals surface area contributed by atoms with Crippen molar-refractivity contribution >= 4 is 5.91 Å². The molecule has 1 N–H and O–H groups in total. The molecule has 1 aromatic carbocycles. The van der Waals surface area contributed by atoms with Gasteiger partial charge in [0.2, 0.25) is 5.91 Å². The summed E-state index contributed by atoms with van der Waals surface area (Å²) in [4.78, 5) is 14.1. The summed E-state index contributed by atoms with van der Waals surface area (Å²) >= 11 is 0. The molecule has 1 saturated heterocycles. The molecule has 18 heavy (non-hydrogen) atoms. The Morgan fingerprint density at radius 3 is 2.44 bits per heavy atom. The van der Waals surface area contributed by atoms with Crippen LogP contribution in [-0.4, -0.2) is 37.0 Å². The Balaban J connectivity index is 1.59. The van der Waals surface area contributed by atoms with Gasteiger partial charge in [-0.1, -0.05) is 24.3 Å². The zero-order valence-corrected chi connectivity index (χ0v) is 10.7. The van der Waals surface area contributed by atoms with Crippen LogP contribution in [0.3, 0.4) is 0 Å². The Hall–Kier alpha value is -1.35. The van der Waals surface area contributed by atoms with Crippen LogP contribution in [0.15, 0.2) is 24.3 Å². The third-order valence-electron chi connectivity index (χ3n) is 3.85. The highest BCUT2D eigenvalue weighted by atomic mass is 16.2. The molecule has 1 aliphatic carbocycles. The molecule has 0 atom stereocenters. The SMILES string of the molecule is O=C(Cc1ccc(C2CC2)cc1)N1CCNCC1. The first-order chi connectivity index (χ1) is 8.83. The van der Waals surface area contributed by atoms with E-state index in [1.807, 2.05) is 4.90 Å². The summed E-state index contributed by atoms with van der Waals surface area (Å²) in [6.45, 7) is 3.54. The number of benzene rings is 1. The summed E-state index contributed by atoms with van der Waals surface area (Å²) < 4.78 is 0. The maximum atomic E-state index is 12.1. The normalized spacial score (nSPS) is 19.9. The predicted octanol–water partition coefficient (Wildman–Crippen LogP) is 1.54. The minimum Gasteiger partial charge on any atom is -0.340 e. The molecule has 2 aliphatic rings. The first-order valence-corrected chi connectivity index (χ1v) is 6.90. The number of nitrogens with zero attached hydrogens (tertiary/aromatic N) is 1. The molecule has 3 nitrogen and oxygen atoms in total. The minimum atomic E-state index is 0.260. The second-order valence-electron chi connectivity index (χ2n) is 5.32. The molecule has 3 rings (SSSR count). The Morgan fingerprint density at radius 1 is 1.17 bits per heavy atom. The molecular formula is C15H20N2O. The molecule has 0 aromatic heterocycles. The van der Waals surface area contributed by atoms with E-state index in [0.717, 1.165) is 37.7 Å². The van der Waals surface area contributed by atoms with Gasteiger partial charge in [0.15, 0.2) is 0 Å². The monoisotopic (exact) mass is 244 g/mol. The van der Waals surface area contributed by atoms with Crippen molar-refractivity contribution in [1.82, 2.24) is 10.2 Å². The predicted molar refractivity (Wildman–Crippen MR) is 71.6 cm³/mol. The van der Waals surface area contributed by atoms with Crippen LogP contribution in [0.1, 0.15) is 29.9 Å². The van der Waals surface area contributed by atoms with Gasteiger partial charge in [-0.05, 0) is 29.9 Å². The molecule has 2 fully saturated rings. The van der Waals surface area contributed by atoms with E-state index in [-0.39, 0.29) is 5.91 Å². The smallest absolute Gasteiger partial charge is 0.227 e. The van der Waals surface area contributed by atoms with Crippen molar-refractivity contribution in [2.24, 2.45) is 0 Å². The van der Waals surface area contributed by atoms with Crippen molar-refractivity contribution in [3.05, 3.63) is 35.4 Å². The maximum absolute atomic E-state index is 12.1. The molecule has 1 amide bonds. The van der Waals surface area contributed by atoms with Crippen molar-refractivity contribution in [1.29, 1.82) is 0 Å². The summed E-state index contributed by atoms with van der Waals surface area (Å²) in [6.07, 6.45) is 3.21. The van der Waals surface area contributed by atoms with Gasteiger partial charge in [0.1, 0.15) is 0 Å². The fourth-order valence-electron chi connectivity index (χ4n) is 2.52. The largest absolute Gasteiger partial charge is 0.340 e. The first-order valence-electron chi connectivity index (χ1n) is 6.90. The van der Waals surface area contributed by atoms with E-state index >= 15 is 0 Å². The fraction of sp³-hybridized carbons (Fsp3) is 0.533. The summed E-state index contributed by atoms with van der Waals surface area (Å²) in [5, 5.41) is 3.27. The van der Waals surface area contributed by atoms with E-state index in [1.165, 1.54) is 18.4 Å². The summed E-state index contributed by atoms with van der Waals surface area (Å²) in [5.41, 5.74) is 2.58. The number of piperazine rings is 1. The number of carbonyl (C=O) groups is 1. The molecule has 1 heterocycles. The van der Waals surface area contributed by atoms with Crippen LogP contribution in [0.25, 0.3) is 0 Å².